The Hall–Kier alpha value is -2.28. The Morgan fingerprint density at radius 2 is 2.23 bits per heavy atom. The van der Waals surface area contributed by atoms with E-state index in [1.54, 1.807) is 31.3 Å². The number of anilines is 1. The maximum absolute atomic E-state index is 13.8. The second kappa shape index (κ2) is 5.49. The highest BCUT2D eigenvalue weighted by molar-refractivity contribution is 7.15. The minimum Gasteiger partial charge on any atom is -0.379 e. The summed E-state index contributed by atoms with van der Waals surface area (Å²) in [7, 11) is 0. The van der Waals surface area contributed by atoms with Crippen molar-refractivity contribution in [2.24, 2.45) is 5.16 Å². The van der Waals surface area contributed by atoms with Crippen molar-refractivity contribution in [3.63, 3.8) is 0 Å². The molecule has 1 aliphatic rings. The van der Waals surface area contributed by atoms with Crippen molar-refractivity contribution in [2.75, 3.05) is 5.32 Å². The predicted octanol–water partition coefficient (Wildman–Crippen LogP) is 3.11. The molecule has 5 nitrogen and oxygen atoms in total. The second-order valence-electron chi connectivity index (χ2n) is 5.25. The van der Waals surface area contributed by atoms with Gasteiger partial charge in [-0.25, -0.2) is 9.37 Å². The van der Waals surface area contributed by atoms with Gasteiger partial charge in [0.05, 0.1) is 5.71 Å². The van der Waals surface area contributed by atoms with Crippen LogP contribution in [0.5, 0.6) is 0 Å². The van der Waals surface area contributed by atoms with Gasteiger partial charge in [-0.3, -0.25) is 10.1 Å². The Balaban J connectivity index is 1.74. The van der Waals surface area contributed by atoms with E-state index in [2.05, 4.69) is 15.5 Å². The van der Waals surface area contributed by atoms with Gasteiger partial charge in [-0.15, -0.1) is 11.3 Å². The van der Waals surface area contributed by atoms with Crippen molar-refractivity contribution in [3.05, 3.63) is 46.7 Å². The van der Waals surface area contributed by atoms with Gasteiger partial charge in [0.15, 0.2) is 5.13 Å². The van der Waals surface area contributed by atoms with E-state index in [9.17, 15) is 9.18 Å². The Bertz CT molecular complexity index is 759. The summed E-state index contributed by atoms with van der Waals surface area (Å²) in [6.07, 6.45) is 1.88. The van der Waals surface area contributed by atoms with Gasteiger partial charge in [-0.2, -0.15) is 0 Å². The fraction of sp³-hybridized carbons (Fsp3) is 0.267. The summed E-state index contributed by atoms with van der Waals surface area (Å²) in [6, 6.07) is 6.29. The Morgan fingerprint density at radius 3 is 2.91 bits per heavy atom. The highest BCUT2D eigenvalue weighted by Gasteiger charge is 2.43. The molecule has 0 unspecified atom stereocenters. The van der Waals surface area contributed by atoms with Crippen LogP contribution in [0.4, 0.5) is 9.52 Å². The molecule has 1 aliphatic heterocycles. The number of rotatable bonds is 3. The van der Waals surface area contributed by atoms with Crippen molar-refractivity contribution < 1.29 is 14.0 Å². The molecular weight excluding hydrogens is 305 g/mol. The fourth-order valence-electron chi connectivity index (χ4n) is 2.14. The zero-order valence-electron chi connectivity index (χ0n) is 12.1. The Morgan fingerprint density at radius 1 is 1.45 bits per heavy atom. The minimum absolute atomic E-state index is 0.199. The molecule has 2 aromatic rings. The molecule has 0 fully saturated rings. The molecule has 1 N–H and O–H groups in total. The zero-order valence-corrected chi connectivity index (χ0v) is 12.9. The highest BCUT2D eigenvalue weighted by atomic mass is 32.1. The normalized spacial score (nSPS) is 20.4. The van der Waals surface area contributed by atoms with Crippen molar-refractivity contribution in [2.45, 2.75) is 25.9 Å². The van der Waals surface area contributed by atoms with Crippen LogP contribution in [0.3, 0.4) is 0 Å². The molecule has 0 radical (unpaired) electrons. The van der Waals surface area contributed by atoms with Crippen LogP contribution < -0.4 is 5.32 Å². The number of carbonyl (C=O) groups excluding carboxylic acids is 1. The first-order valence-electron chi connectivity index (χ1n) is 6.72. The first kappa shape index (κ1) is 14.6. The lowest BCUT2D eigenvalue weighted by Gasteiger charge is -2.19. The number of halogens is 1. The number of aryl methyl sites for hydroxylation is 1. The molecule has 1 aromatic carbocycles. The molecule has 3 rings (SSSR count). The third kappa shape index (κ3) is 2.71. The van der Waals surface area contributed by atoms with E-state index in [1.165, 1.54) is 17.4 Å². The van der Waals surface area contributed by atoms with Crippen LogP contribution >= 0.6 is 11.3 Å². The molecule has 1 amide bonds. The smallest absolute Gasteiger partial charge is 0.273 e. The second-order valence-corrected chi connectivity index (χ2v) is 6.48. The van der Waals surface area contributed by atoms with Crippen LogP contribution in [0.25, 0.3) is 0 Å². The summed E-state index contributed by atoms with van der Waals surface area (Å²) < 4.78 is 13.8. The van der Waals surface area contributed by atoms with Gasteiger partial charge in [-0.1, -0.05) is 23.4 Å². The predicted molar refractivity (Wildman–Crippen MR) is 82.5 cm³/mol. The molecule has 2 heterocycles. The summed E-state index contributed by atoms with van der Waals surface area (Å²) in [6.45, 7) is 3.53. The largest absolute Gasteiger partial charge is 0.379 e. The lowest BCUT2D eigenvalue weighted by Crippen LogP contribution is -2.40. The Kier molecular flexibility index (Phi) is 3.66. The van der Waals surface area contributed by atoms with Gasteiger partial charge in [0, 0.05) is 23.1 Å². The van der Waals surface area contributed by atoms with Crippen LogP contribution in [0.2, 0.25) is 0 Å². The third-order valence-electron chi connectivity index (χ3n) is 3.37. The molecule has 0 saturated heterocycles. The van der Waals surface area contributed by atoms with Crippen LogP contribution in [-0.4, -0.2) is 22.2 Å². The summed E-state index contributed by atoms with van der Waals surface area (Å²) in [5, 5.41) is 7.10. The quantitative estimate of drug-likeness (QED) is 0.945. The van der Waals surface area contributed by atoms with Crippen LogP contribution in [0.15, 0.2) is 35.6 Å². The van der Waals surface area contributed by atoms with Crippen LogP contribution in [0.1, 0.15) is 23.8 Å². The number of oxime groups is 1. The lowest BCUT2D eigenvalue weighted by molar-refractivity contribution is -0.135. The van der Waals surface area contributed by atoms with Crippen LogP contribution in [0, 0.1) is 12.7 Å². The minimum atomic E-state index is -1.17. The third-order valence-corrected chi connectivity index (χ3v) is 4.20. The number of thiazole rings is 1. The summed E-state index contributed by atoms with van der Waals surface area (Å²) >= 11 is 1.38. The number of aromatic nitrogens is 1. The molecule has 0 saturated carbocycles. The van der Waals surface area contributed by atoms with Crippen LogP contribution in [-0.2, 0) is 9.63 Å². The number of carbonyl (C=O) groups is 1. The molecule has 0 spiro atoms. The topological polar surface area (TPSA) is 63.6 Å². The zero-order chi connectivity index (χ0) is 15.7. The monoisotopic (exact) mass is 319 g/mol. The fourth-order valence-corrected chi connectivity index (χ4v) is 2.80. The molecule has 22 heavy (non-hydrogen) atoms. The van der Waals surface area contributed by atoms with Crippen molar-refractivity contribution in [1.82, 2.24) is 4.98 Å². The van der Waals surface area contributed by atoms with E-state index in [0.717, 1.165) is 4.88 Å². The van der Waals surface area contributed by atoms with Gasteiger partial charge in [0.25, 0.3) is 5.91 Å². The van der Waals surface area contributed by atoms with Gasteiger partial charge in [-0.05, 0) is 19.9 Å². The lowest BCUT2D eigenvalue weighted by atomic mass is 9.95. The van der Waals surface area contributed by atoms with E-state index >= 15 is 0 Å². The standard InChI is InChI=1S/C15H14FN3O2S/c1-9-8-17-14(22-9)18-13(20)15(2)7-12(19-21-15)10-5-3-4-6-11(10)16/h3-6,8H,7H2,1-2H3,(H,17,18,20)/t15-/m0/s1. The summed E-state index contributed by atoms with van der Waals surface area (Å²) in [5.41, 5.74) is -0.396. The van der Waals surface area contributed by atoms with Gasteiger partial charge < -0.3 is 4.84 Å². The average Bonchev–Trinajstić information content (AvgIpc) is 3.07. The number of nitrogens with zero attached hydrogens (tertiary/aromatic N) is 2. The number of nitrogens with one attached hydrogen (secondary N) is 1. The number of hydrogen-bond donors (Lipinski definition) is 1. The van der Waals surface area contributed by atoms with E-state index in [4.69, 9.17) is 4.84 Å². The van der Waals surface area contributed by atoms with E-state index in [-0.39, 0.29) is 18.1 Å². The number of hydrogen-bond acceptors (Lipinski definition) is 5. The van der Waals surface area contributed by atoms with Gasteiger partial charge >= 0.3 is 0 Å². The molecule has 114 valence electrons. The SMILES string of the molecule is Cc1cnc(NC(=O)[C@]2(C)CC(c3ccccc3F)=NO2)s1. The maximum atomic E-state index is 13.8. The van der Waals surface area contributed by atoms with Gasteiger partial charge in [0.2, 0.25) is 5.60 Å². The maximum Gasteiger partial charge on any atom is 0.273 e. The van der Waals surface area contributed by atoms with E-state index in [0.29, 0.717) is 16.4 Å². The molecule has 0 bridgehead atoms. The molecular formula is C15H14FN3O2S. The summed E-state index contributed by atoms with van der Waals surface area (Å²) in [5.74, 6) is -0.734. The van der Waals surface area contributed by atoms with E-state index < -0.39 is 5.60 Å². The molecule has 1 atom stereocenters. The van der Waals surface area contributed by atoms with Crippen molar-refractivity contribution in [1.29, 1.82) is 0 Å². The van der Waals surface area contributed by atoms with Crippen molar-refractivity contribution >= 4 is 28.1 Å². The molecule has 0 aliphatic carbocycles. The van der Waals surface area contributed by atoms with Crippen molar-refractivity contribution in [3.8, 4) is 0 Å². The number of amides is 1. The first-order valence-corrected chi connectivity index (χ1v) is 7.53. The average molecular weight is 319 g/mol. The number of benzene rings is 1. The highest BCUT2D eigenvalue weighted by Crippen LogP contribution is 2.29. The Labute approximate surface area is 130 Å². The molecule has 1 aromatic heterocycles. The first-order chi connectivity index (χ1) is 10.5. The summed E-state index contributed by atoms with van der Waals surface area (Å²) in [4.78, 5) is 22.7. The molecule has 7 heteroatoms. The van der Waals surface area contributed by atoms with Gasteiger partial charge in [0.1, 0.15) is 5.82 Å². The van der Waals surface area contributed by atoms with E-state index in [1.807, 2.05) is 6.92 Å².